The van der Waals surface area contributed by atoms with Gasteiger partial charge in [-0.05, 0) is 12.8 Å². The third kappa shape index (κ3) is 4.73. The molecule has 0 fully saturated rings. The first kappa shape index (κ1) is 11.0. The molecule has 0 aromatic rings. The lowest BCUT2D eigenvalue weighted by Crippen LogP contribution is -2.29. The molecule has 0 aliphatic carbocycles. The summed E-state index contributed by atoms with van der Waals surface area (Å²) in [5.74, 6) is 0.183. The Labute approximate surface area is 73.8 Å². The van der Waals surface area contributed by atoms with Crippen LogP contribution in [0.1, 0.15) is 33.1 Å². The minimum atomic E-state index is 0.0899. The van der Waals surface area contributed by atoms with Crippen molar-refractivity contribution in [2.45, 2.75) is 33.1 Å². The Morgan fingerprint density at radius 3 is 2.83 bits per heavy atom. The van der Waals surface area contributed by atoms with Crippen LogP contribution >= 0.6 is 0 Å². The minimum Gasteiger partial charge on any atom is -0.356 e. The molecule has 0 saturated heterocycles. The maximum absolute atomic E-state index is 11.1. The fourth-order valence-corrected chi connectivity index (χ4v) is 0.739. The van der Waals surface area contributed by atoms with E-state index in [0.29, 0.717) is 13.0 Å². The van der Waals surface area contributed by atoms with Crippen LogP contribution in [-0.4, -0.2) is 12.5 Å². The summed E-state index contributed by atoms with van der Waals surface area (Å²) in [6.07, 6.45) is 2.13. The Balaban J connectivity index is 3.39. The van der Waals surface area contributed by atoms with Crippen molar-refractivity contribution in [2.24, 2.45) is 5.92 Å². The summed E-state index contributed by atoms with van der Waals surface area (Å²) in [4.78, 5) is 11.1. The average Bonchev–Trinajstić information content (AvgIpc) is 2.10. The summed E-state index contributed by atoms with van der Waals surface area (Å²) >= 11 is 0. The molecule has 68 valence electrons. The molecule has 0 heterocycles. The van der Waals surface area contributed by atoms with E-state index in [2.05, 4.69) is 5.32 Å². The average molecular weight is 168 g/mol. The summed E-state index contributed by atoms with van der Waals surface area (Å²) in [6.45, 7) is 4.51. The molecular formula is C9H16N2O. The molecule has 1 unspecified atom stereocenters. The van der Waals surface area contributed by atoms with E-state index in [0.717, 1.165) is 12.8 Å². The highest BCUT2D eigenvalue weighted by Crippen LogP contribution is 1.99. The van der Waals surface area contributed by atoms with Gasteiger partial charge in [0.25, 0.3) is 0 Å². The van der Waals surface area contributed by atoms with Crippen molar-refractivity contribution in [3.05, 3.63) is 0 Å². The van der Waals surface area contributed by atoms with E-state index in [1.807, 2.05) is 19.9 Å². The van der Waals surface area contributed by atoms with Gasteiger partial charge in [0.05, 0.1) is 6.07 Å². The standard InChI is InChI=1S/C9H16N2O/c1-3-8(2)9(12)11-7-5-4-6-10/h8H,3-5,7H2,1-2H3,(H,11,12). The highest BCUT2D eigenvalue weighted by atomic mass is 16.1. The summed E-state index contributed by atoms with van der Waals surface area (Å²) < 4.78 is 0. The molecule has 12 heavy (non-hydrogen) atoms. The largest absolute Gasteiger partial charge is 0.356 e. The predicted molar refractivity (Wildman–Crippen MR) is 47.3 cm³/mol. The number of hydrogen-bond donors (Lipinski definition) is 1. The van der Waals surface area contributed by atoms with Crippen LogP contribution in [0, 0.1) is 17.2 Å². The number of nitriles is 1. The van der Waals surface area contributed by atoms with Gasteiger partial charge in [0.15, 0.2) is 0 Å². The van der Waals surface area contributed by atoms with Gasteiger partial charge in [0.1, 0.15) is 0 Å². The topological polar surface area (TPSA) is 52.9 Å². The second-order valence-electron chi connectivity index (χ2n) is 2.86. The first-order chi connectivity index (χ1) is 5.72. The third-order valence-corrected chi connectivity index (χ3v) is 1.82. The quantitative estimate of drug-likeness (QED) is 0.632. The van der Waals surface area contributed by atoms with E-state index in [-0.39, 0.29) is 11.8 Å². The lowest BCUT2D eigenvalue weighted by atomic mass is 10.1. The van der Waals surface area contributed by atoms with E-state index < -0.39 is 0 Å². The first-order valence-corrected chi connectivity index (χ1v) is 4.37. The molecule has 0 spiro atoms. The van der Waals surface area contributed by atoms with Crippen LogP contribution in [-0.2, 0) is 4.79 Å². The molecule has 3 nitrogen and oxygen atoms in total. The van der Waals surface area contributed by atoms with E-state index in [4.69, 9.17) is 5.26 Å². The number of nitrogens with zero attached hydrogens (tertiary/aromatic N) is 1. The van der Waals surface area contributed by atoms with Gasteiger partial charge in [-0.2, -0.15) is 5.26 Å². The van der Waals surface area contributed by atoms with Crippen molar-refractivity contribution < 1.29 is 4.79 Å². The summed E-state index contributed by atoms with van der Waals surface area (Å²) in [7, 11) is 0. The van der Waals surface area contributed by atoms with E-state index >= 15 is 0 Å². The summed E-state index contributed by atoms with van der Waals surface area (Å²) in [5.41, 5.74) is 0. The number of rotatable bonds is 5. The first-order valence-electron chi connectivity index (χ1n) is 4.37. The van der Waals surface area contributed by atoms with Crippen molar-refractivity contribution in [2.75, 3.05) is 6.54 Å². The highest BCUT2D eigenvalue weighted by molar-refractivity contribution is 5.78. The zero-order chi connectivity index (χ0) is 9.40. The van der Waals surface area contributed by atoms with E-state index in [1.54, 1.807) is 0 Å². The lowest BCUT2D eigenvalue weighted by molar-refractivity contribution is -0.124. The van der Waals surface area contributed by atoms with Crippen molar-refractivity contribution >= 4 is 5.91 Å². The molecule has 1 atom stereocenters. The van der Waals surface area contributed by atoms with Gasteiger partial charge in [-0.25, -0.2) is 0 Å². The van der Waals surface area contributed by atoms with Crippen LogP contribution in [0.5, 0.6) is 0 Å². The molecule has 0 aromatic heterocycles. The Morgan fingerprint density at radius 1 is 1.67 bits per heavy atom. The molecule has 1 N–H and O–H groups in total. The number of unbranched alkanes of at least 4 members (excludes halogenated alkanes) is 1. The van der Waals surface area contributed by atoms with Crippen molar-refractivity contribution in [3.8, 4) is 6.07 Å². The number of amides is 1. The Bertz CT molecular complexity index is 172. The minimum absolute atomic E-state index is 0.0899. The zero-order valence-electron chi connectivity index (χ0n) is 7.76. The molecule has 0 radical (unpaired) electrons. The van der Waals surface area contributed by atoms with Crippen LogP contribution in [0.3, 0.4) is 0 Å². The van der Waals surface area contributed by atoms with E-state index in [9.17, 15) is 4.79 Å². The predicted octanol–water partition coefficient (Wildman–Crippen LogP) is 1.45. The highest BCUT2D eigenvalue weighted by Gasteiger charge is 2.08. The third-order valence-electron chi connectivity index (χ3n) is 1.82. The van der Waals surface area contributed by atoms with Crippen LogP contribution < -0.4 is 5.32 Å². The fourth-order valence-electron chi connectivity index (χ4n) is 0.739. The van der Waals surface area contributed by atoms with Crippen LogP contribution in [0.2, 0.25) is 0 Å². The van der Waals surface area contributed by atoms with Gasteiger partial charge in [-0.1, -0.05) is 13.8 Å². The smallest absolute Gasteiger partial charge is 0.222 e. The van der Waals surface area contributed by atoms with Crippen LogP contribution in [0.25, 0.3) is 0 Å². The van der Waals surface area contributed by atoms with Gasteiger partial charge >= 0.3 is 0 Å². The number of hydrogen-bond acceptors (Lipinski definition) is 2. The molecule has 0 aromatic carbocycles. The maximum Gasteiger partial charge on any atom is 0.222 e. The summed E-state index contributed by atoms with van der Waals surface area (Å²) in [6, 6.07) is 2.03. The molecule has 0 aliphatic rings. The maximum atomic E-state index is 11.1. The molecule has 3 heteroatoms. The van der Waals surface area contributed by atoms with Crippen molar-refractivity contribution in [1.82, 2.24) is 5.32 Å². The lowest BCUT2D eigenvalue weighted by Gasteiger charge is -2.08. The Morgan fingerprint density at radius 2 is 2.33 bits per heavy atom. The monoisotopic (exact) mass is 168 g/mol. The van der Waals surface area contributed by atoms with Gasteiger partial charge in [0, 0.05) is 18.9 Å². The molecule has 0 saturated carbocycles. The molecular weight excluding hydrogens is 152 g/mol. The normalized spacial score (nSPS) is 11.8. The Hall–Kier alpha value is -1.04. The second kappa shape index (κ2) is 6.66. The number of carbonyl (C=O) groups excluding carboxylic acids is 1. The van der Waals surface area contributed by atoms with Crippen LogP contribution in [0.4, 0.5) is 0 Å². The van der Waals surface area contributed by atoms with Gasteiger partial charge in [0.2, 0.25) is 5.91 Å². The molecule has 1 amide bonds. The van der Waals surface area contributed by atoms with Crippen molar-refractivity contribution in [1.29, 1.82) is 5.26 Å². The molecule has 0 rings (SSSR count). The zero-order valence-corrected chi connectivity index (χ0v) is 7.76. The van der Waals surface area contributed by atoms with Crippen molar-refractivity contribution in [3.63, 3.8) is 0 Å². The summed E-state index contributed by atoms with van der Waals surface area (Å²) in [5, 5.41) is 11.0. The van der Waals surface area contributed by atoms with Gasteiger partial charge in [-0.3, -0.25) is 4.79 Å². The SMILES string of the molecule is CCC(C)C(=O)NCCCC#N. The Kier molecular flexibility index (Phi) is 6.08. The van der Waals surface area contributed by atoms with Gasteiger partial charge < -0.3 is 5.32 Å². The van der Waals surface area contributed by atoms with E-state index in [1.165, 1.54) is 0 Å². The molecule has 0 aliphatic heterocycles. The number of nitrogens with one attached hydrogen (secondary N) is 1. The van der Waals surface area contributed by atoms with Crippen LogP contribution in [0.15, 0.2) is 0 Å². The second-order valence-corrected chi connectivity index (χ2v) is 2.86. The van der Waals surface area contributed by atoms with Gasteiger partial charge in [-0.15, -0.1) is 0 Å². The fraction of sp³-hybridized carbons (Fsp3) is 0.778. The molecule has 0 bridgehead atoms. The number of carbonyl (C=O) groups is 1.